The standard InChI is InChI=1S/C6H13O2/c1-4-8-6(7)5(2)3/h5-6H,4H2,1-3H3. The smallest absolute Gasteiger partial charge is 0.193 e. The van der Waals surface area contributed by atoms with Gasteiger partial charge < -0.3 is 4.74 Å². The van der Waals surface area contributed by atoms with E-state index in [1.165, 1.54) is 0 Å². The van der Waals surface area contributed by atoms with Crippen LogP contribution in [-0.4, -0.2) is 12.9 Å². The van der Waals surface area contributed by atoms with Crippen LogP contribution in [0.15, 0.2) is 0 Å². The molecule has 1 radical (unpaired) electrons. The quantitative estimate of drug-likeness (QED) is 0.514. The van der Waals surface area contributed by atoms with Crippen molar-refractivity contribution in [1.82, 2.24) is 0 Å². The van der Waals surface area contributed by atoms with E-state index in [-0.39, 0.29) is 5.92 Å². The Labute approximate surface area is 50.5 Å². The minimum absolute atomic E-state index is 0.0925. The molecule has 0 saturated carbocycles. The Bertz CT molecular complexity index is 52.5. The zero-order valence-electron chi connectivity index (χ0n) is 5.68. The molecule has 0 aromatic rings. The fourth-order valence-corrected chi connectivity index (χ4v) is 0.357. The lowest BCUT2D eigenvalue weighted by atomic mass is 10.2. The van der Waals surface area contributed by atoms with E-state index < -0.39 is 6.29 Å². The van der Waals surface area contributed by atoms with Crippen LogP contribution in [0, 0.1) is 5.92 Å². The fraction of sp³-hybridized carbons (Fsp3) is 1.00. The lowest BCUT2D eigenvalue weighted by Crippen LogP contribution is -2.16. The van der Waals surface area contributed by atoms with Gasteiger partial charge in [-0.2, -0.15) is 0 Å². The van der Waals surface area contributed by atoms with Gasteiger partial charge in [-0.1, -0.05) is 13.8 Å². The molecule has 2 heteroatoms. The summed E-state index contributed by atoms with van der Waals surface area (Å²) in [6.07, 6.45) is -0.833. The Balaban J connectivity index is 3.17. The van der Waals surface area contributed by atoms with Crippen molar-refractivity contribution >= 4 is 0 Å². The van der Waals surface area contributed by atoms with Crippen molar-refractivity contribution in [2.75, 3.05) is 6.61 Å². The van der Waals surface area contributed by atoms with E-state index >= 15 is 0 Å². The van der Waals surface area contributed by atoms with Crippen molar-refractivity contribution < 1.29 is 9.84 Å². The highest BCUT2D eigenvalue weighted by atomic mass is 16.6. The van der Waals surface area contributed by atoms with Gasteiger partial charge in [-0.3, -0.25) is 0 Å². The molecule has 0 saturated heterocycles. The van der Waals surface area contributed by atoms with E-state index in [1.807, 2.05) is 20.8 Å². The van der Waals surface area contributed by atoms with E-state index in [0.717, 1.165) is 0 Å². The first kappa shape index (κ1) is 7.92. The van der Waals surface area contributed by atoms with Gasteiger partial charge in [0, 0.05) is 12.5 Å². The van der Waals surface area contributed by atoms with Gasteiger partial charge in [0.15, 0.2) is 6.29 Å². The molecule has 2 nitrogen and oxygen atoms in total. The zero-order chi connectivity index (χ0) is 6.57. The highest BCUT2D eigenvalue weighted by Gasteiger charge is 2.08. The summed E-state index contributed by atoms with van der Waals surface area (Å²) < 4.78 is 4.75. The van der Waals surface area contributed by atoms with Crippen molar-refractivity contribution in [3.05, 3.63) is 0 Å². The summed E-state index contributed by atoms with van der Waals surface area (Å²) in [5.41, 5.74) is 0. The van der Waals surface area contributed by atoms with Gasteiger partial charge in [-0.05, 0) is 6.92 Å². The third kappa shape index (κ3) is 2.99. The normalized spacial score (nSPS) is 14.6. The van der Waals surface area contributed by atoms with Crippen LogP contribution < -0.4 is 0 Å². The Hall–Kier alpha value is -0.0800. The van der Waals surface area contributed by atoms with Crippen LogP contribution in [0.3, 0.4) is 0 Å². The lowest BCUT2D eigenvalue weighted by Gasteiger charge is -2.10. The Morgan fingerprint density at radius 3 is 2.12 bits per heavy atom. The van der Waals surface area contributed by atoms with Gasteiger partial charge >= 0.3 is 0 Å². The summed E-state index contributed by atoms with van der Waals surface area (Å²) in [7, 11) is 0. The first-order valence-corrected chi connectivity index (χ1v) is 2.96. The minimum atomic E-state index is -0.833. The van der Waals surface area contributed by atoms with Crippen molar-refractivity contribution in [3.63, 3.8) is 0 Å². The molecule has 0 aromatic carbocycles. The molecule has 0 rings (SSSR count). The average Bonchev–Trinajstić information content (AvgIpc) is 1.67. The first-order chi connectivity index (χ1) is 3.68. The van der Waals surface area contributed by atoms with E-state index in [4.69, 9.17) is 4.74 Å². The van der Waals surface area contributed by atoms with Crippen molar-refractivity contribution in [1.29, 1.82) is 0 Å². The molecular formula is C6H13O2. The molecule has 0 amide bonds. The predicted molar refractivity (Wildman–Crippen MR) is 30.9 cm³/mol. The minimum Gasteiger partial charge on any atom is -0.350 e. The molecule has 0 N–H and O–H groups in total. The molecule has 0 bridgehead atoms. The van der Waals surface area contributed by atoms with E-state index in [0.29, 0.717) is 6.61 Å². The monoisotopic (exact) mass is 117 g/mol. The van der Waals surface area contributed by atoms with Crippen LogP contribution in [-0.2, 0) is 9.84 Å². The Morgan fingerprint density at radius 2 is 2.00 bits per heavy atom. The Kier molecular flexibility index (Phi) is 3.83. The van der Waals surface area contributed by atoms with Gasteiger partial charge in [0.2, 0.25) is 0 Å². The molecule has 8 heavy (non-hydrogen) atoms. The SMILES string of the molecule is CCOC([O])C(C)C. The number of hydrogen-bond donors (Lipinski definition) is 0. The number of hydrogen-bond acceptors (Lipinski definition) is 1. The second kappa shape index (κ2) is 3.87. The van der Waals surface area contributed by atoms with Crippen molar-refractivity contribution in [2.24, 2.45) is 5.92 Å². The third-order valence-corrected chi connectivity index (χ3v) is 0.875. The molecule has 0 aromatic heterocycles. The molecule has 0 heterocycles. The molecule has 1 atom stereocenters. The largest absolute Gasteiger partial charge is 0.350 e. The maximum absolute atomic E-state index is 10.6. The van der Waals surface area contributed by atoms with E-state index in [9.17, 15) is 5.11 Å². The first-order valence-electron chi connectivity index (χ1n) is 2.96. The van der Waals surface area contributed by atoms with Crippen LogP contribution >= 0.6 is 0 Å². The van der Waals surface area contributed by atoms with Crippen molar-refractivity contribution in [3.8, 4) is 0 Å². The molecule has 0 aliphatic heterocycles. The lowest BCUT2D eigenvalue weighted by molar-refractivity contribution is -0.161. The second-order valence-electron chi connectivity index (χ2n) is 2.07. The Morgan fingerprint density at radius 1 is 1.50 bits per heavy atom. The summed E-state index contributed by atoms with van der Waals surface area (Å²) in [6.45, 7) is 6.06. The summed E-state index contributed by atoms with van der Waals surface area (Å²) in [5.74, 6) is 0.0925. The molecule has 0 spiro atoms. The van der Waals surface area contributed by atoms with Crippen molar-refractivity contribution in [2.45, 2.75) is 27.1 Å². The van der Waals surface area contributed by atoms with Crippen LogP contribution in [0.2, 0.25) is 0 Å². The predicted octanol–water partition coefficient (Wildman–Crippen LogP) is 1.44. The molecule has 1 unspecified atom stereocenters. The van der Waals surface area contributed by atoms with Crippen LogP contribution in [0.25, 0.3) is 0 Å². The molecule has 0 aliphatic carbocycles. The fourth-order valence-electron chi connectivity index (χ4n) is 0.357. The summed E-state index contributed by atoms with van der Waals surface area (Å²) in [4.78, 5) is 0. The highest BCUT2D eigenvalue weighted by molar-refractivity contribution is 4.44. The molecule has 49 valence electrons. The number of rotatable bonds is 3. The van der Waals surface area contributed by atoms with Crippen LogP contribution in [0.5, 0.6) is 0 Å². The van der Waals surface area contributed by atoms with Gasteiger partial charge in [0.1, 0.15) is 0 Å². The average molecular weight is 117 g/mol. The van der Waals surface area contributed by atoms with E-state index in [2.05, 4.69) is 0 Å². The summed E-state index contributed by atoms with van der Waals surface area (Å²) >= 11 is 0. The second-order valence-corrected chi connectivity index (χ2v) is 2.07. The molecular weight excluding hydrogens is 104 g/mol. The van der Waals surface area contributed by atoms with Gasteiger partial charge in [0.05, 0.1) is 0 Å². The molecule has 0 aliphatic rings. The van der Waals surface area contributed by atoms with Gasteiger partial charge in [-0.15, -0.1) is 0 Å². The maximum Gasteiger partial charge on any atom is 0.193 e. The number of ether oxygens (including phenoxy) is 1. The van der Waals surface area contributed by atoms with Gasteiger partial charge in [0.25, 0.3) is 0 Å². The topological polar surface area (TPSA) is 29.1 Å². The maximum atomic E-state index is 10.6. The van der Waals surface area contributed by atoms with Gasteiger partial charge in [-0.25, -0.2) is 5.11 Å². The van der Waals surface area contributed by atoms with E-state index in [1.54, 1.807) is 0 Å². The highest BCUT2D eigenvalue weighted by Crippen LogP contribution is 2.01. The third-order valence-electron chi connectivity index (χ3n) is 0.875. The van der Waals surface area contributed by atoms with Crippen LogP contribution in [0.4, 0.5) is 0 Å². The zero-order valence-corrected chi connectivity index (χ0v) is 5.68. The summed E-state index contributed by atoms with van der Waals surface area (Å²) in [6, 6.07) is 0. The molecule has 0 fully saturated rings. The summed E-state index contributed by atoms with van der Waals surface area (Å²) in [5, 5.41) is 10.6. The van der Waals surface area contributed by atoms with Crippen LogP contribution in [0.1, 0.15) is 20.8 Å².